The first kappa shape index (κ1) is 11.3. The number of anilines is 2. The van der Waals surface area contributed by atoms with E-state index in [1.165, 1.54) is 6.07 Å². The van der Waals surface area contributed by atoms with E-state index in [1.54, 1.807) is 24.3 Å². The van der Waals surface area contributed by atoms with Gasteiger partial charge in [0.2, 0.25) is 6.79 Å². The highest BCUT2D eigenvalue weighted by Crippen LogP contribution is 2.34. The Kier molecular flexibility index (Phi) is 2.64. The molecule has 0 spiro atoms. The first-order chi connectivity index (χ1) is 9.22. The van der Waals surface area contributed by atoms with E-state index in [0.29, 0.717) is 17.3 Å². The van der Waals surface area contributed by atoms with Crippen molar-refractivity contribution in [1.29, 1.82) is 0 Å². The van der Waals surface area contributed by atoms with Crippen LogP contribution in [0.15, 0.2) is 30.3 Å². The topological polar surface area (TPSA) is 93.6 Å². The van der Waals surface area contributed by atoms with Crippen molar-refractivity contribution in [2.45, 2.75) is 0 Å². The molecule has 96 valence electrons. The molecule has 3 rings (SSSR count). The molecule has 2 heterocycles. The molecule has 0 aliphatic carbocycles. The SMILES string of the molecule is O=C(O)c1ccc(Nc2ccc3c(c2)OCO3)nn1. The molecular formula is C12H9N3O4. The van der Waals surface area contributed by atoms with Gasteiger partial charge in [0.25, 0.3) is 0 Å². The number of benzene rings is 1. The van der Waals surface area contributed by atoms with E-state index >= 15 is 0 Å². The number of nitrogens with one attached hydrogen (secondary N) is 1. The van der Waals surface area contributed by atoms with Crippen molar-refractivity contribution in [2.75, 3.05) is 12.1 Å². The molecule has 19 heavy (non-hydrogen) atoms. The minimum Gasteiger partial charge on any atom is -0.476 e. The number of carbonyl (C=O) groups is 1. The van der Waals surface area contributed by atoms with Gasteiger partial charge in [0.1, 0.15) is 0 Å². The fraction of sp³-hybridized carbons (Fsp3) is 0.0833. The first-order valence-electron chi connectivity index (χ1n) is 5.46. The zero-order valence-corrected chi connectivity index (χ0v) is 9.66. The van der Waals surface area contributed by atoms with Gasteiger partial charge in [0, 0.05) is 11.8 Å². The Morgan fingerprint density at radius 2 is 2.00 bits per heavy atom. The number of hydrogen-bond donors (Lipinski definition) is 2. The Morgan fingerprint density at radius 1 is 1.16 bits per heavy atom. The van der Waals surface area contributed by atoms with Crippen LogP contribution in [0.25, 0.3) is 0 Å². The number of fused-ring (bicyclic) bond motifs is 1. The largest absolute Gasteiger partial charge is 0.476 e. The molecule has 0 amide bonds. The third-order valence-electron chi connectivity index (χ3n) is 2.53. The van der Waals surface area contributed by atoms with Gasteiger partial charge in [-0.15, -0.1) is 10.2 Å². The molecule has 2 aromatic rings. The van der Waals surface area contributed by atoms with Crippen LogP contribution >= 0.6 is 0 Å². The predicted molar refractivity (Wildman–Crippen MR) is 64.8 cm³/mol. The second kappa shape index (κ2) is 4.45. The summed E-state index contributed by atoms with van der Waals surface area (Å²) in [5.41, 5.74) is 0.651. The smallest absolute Gasteiger partial charge is 0.356 e. The average Bonchev–Trinajstić information content (AvgIpc) is 2.87. The molecule has 7 nitrogen and oxygen atoms in total. The van der Waals surface area contributed by atoms with Crippen LogP contribution in [-0.2, 0) is 0 Å². The summed E-state index contributed by atoms with van der Waals surface area (Å²) in [5.74, 6) is 0.684. The van der Waals surface area contributed by atoms with Gasteiger partial charge in [-0.3, -0.25) is 0 Å². The summed E-state index contributed by atoms with van der Waals surface area (Å²) >= 11 is 0. The van der Waals surface area contributed by atoms with Gasteiger partial charge < -0.3 is 19.9 Å². The highest BCUT2D eigenvalue weighted by atomic mass is 16.7. The fourth-order valence-electron chi connectivity index (χ4n) is 1.64. The first-order valence-corrected chi connectivity index (χ1v) is 5.46. The minimum absolute atomic E-state index is 0.101. The third-order valence-corrected chi connectivity index (χ3v) is 2.53. The maximum atomic E-state index is 10.6. The summed E-state index contributed by atoms with van der Waals surface area (Å²) in [6.45, 7) is 0.214. The number of hydrogen-bond acceptors (Lipinski definition) is 6. The zero-order valence-electron chi connectivity index (χ0n) is 9.66. The van der Waals surface area contributed by atoms with Gasteiger partial charge in [0.05, 0.1) is 0 Å². The molecule has 0 atom stereocenters. The standard InChI is InChI=1S/C12H9N3O4/c16-12(17)8-2-4-11(15-14-8)13-7-1-3-9-10(5-7)19-6-18-9/h1-5H,6H2,(H,13,15)(H,16,17). The second-order valence-electron chi connectivity index (χ2n) is 3.80. The van der Waals surface area contributed by atoms with Crippen molar-refractivity contribution in [3.05, 3.63) is 36.0 Å². The van der Waals surface area contributed by atoms with Gasteiger partial charge in [-0.2, -0.15) is 0 Å². The Labute approximate surface area is 107 Å². The summed E-state index contributed by atoms with van der Waals surface area (Å²) in [4.78, 5) is 10.6. The van der Waals surface area contributed by atoms with E-state index in [4.69, 9.17) is 14.6 Å². The van der Waals surface area contributed by atoms with Crippen molar-refractivity contribution in [2.24, 2.45) is 0 Å². The van der Waals surface area contributed by atoms with E-state index in [-0.39, 0.29) is 12.5 Å². The molecule has 0 saturated carbocycles. The molecule has 0 unspecified atom stereocenters. The Morgan fingerprint density at radius 3 is 2.74 bits per heavy atom. The summed E-state index contributed by atoms with van der Waals surface area (Å²) < 4.78 is 10.5. The van der Waals surface area contributed by atoms with Gasteiger partial charge in [0.15, 0.2) is 23.0 Å². The van der Waals surface area contributed by atoms with Gasteiger partial charge in [-0.1, -0.05) is 0 Å². The van der Waals surface area contributed by atoms with Crippen molar-refractivity contribution in [3.8, 4) is 11.5 Å². The second-order valence-corrected chi connectivity index (χ2v) is 3.80. The van der Waals surface area contributed by atoms with Crippen molar-refractivity contribution in [3.63, 3.8) is 0 Å². The number of aromatic carboxylic acids is 1. The maximum absolute atomic E-state index is 10.6. The number of rotatable bonds is 3. The zero-order chi connectivity index (χ0) is 13.2. The van der Waals surface area contributed by atoms with Crippen LogP contribution in [-0.4, -0.2) is 28.1 Å². The molecule has 2 N–H and O–H groups in total. The summed E-state index contributed by atoms with van der Waals surface area (Å²) in [5, 5.41) is 19.1. The number of carboxylic acid groups (broad SMARTS) is 1. The Bertz CT molecular complexity index is 627. The summed E-state index contributed by atoms with van der Waals surface area (Å²) in [6, 6.07) is 8.28. The van der Waals surface area contributed by atoms with Crippen molar-refractivity contribution >= 4 is 17.5 Å². The minimum atomic E-state index is -1.11. The molecule has 1 aliphatic rings. The third kappa shape index (κ3) is 2.25. The molecule has 1 aromatic carbocycles. The lowest BCUT2D eigenvalue weighted by Crippen LogP contribution is -2.03. The molecule has 0 bridgehead atoms. The lowest BCUT2D eigenvalue weighted by atomic mass is 10.2. The van der Waals surface area contributed by atoms with Gasteiger partial charge in [-0.25, -0.2) is 4.79 Å². The fourth-order valence-corrected chi connectivity index (χ4v) is 1.64. The van der Waals surface area contributed by atoms with Crippen LogP contribution in [0.1, 0.15) is 10.5 Å². The average molecular weight is 259 g/mol. The quantitative estimate of drug-likeness (QED) is 0.865. The van der Waals surface area contributed by atoms with E-state index in [1.807, 2.05) is 0 Å². The monoisotopic (exact) mass is 259 g/mol. The van der Waals surface area contributed by atoms with Crippen LogP contribution in [0.2, 0.25) is 0 Å². The summed E-state index contributed by atoms with van der Waals surface area (Å²) in [7, 11) is 0. The van der Waals surface area contributed by atoms with Gasteiger partial charge in [-0.05, 0) is 24.3 Å². The lowest BCUT2D eigenvalue weighted by Gasteiger charge is -2.05. The molecule has 0 radical (unpaired) electrons. The predicted octanol–water partition coefficient (Wildman–Crippen LogP) is 1.65. The van der Waals surface area contributed by atoms with Crippen LogP contribution in [0, 0.1) is 0 Å². The van der Waals surface area contributed by atoms with E-state index in [2.05, 4.69) is 15.5 Å². The number of carboxylic acids is 1. The van der Waals surface area contributed by atoms with Gasteiger partial charge >= 0.3 is 5.97 Å². The van der Waals surface area contributed by atoms with E-state index < -0.39 is 5.97 Å². The van der Waals surface area contributed by atoms with E-state index in [0.717, 1.165) is 5.69 Å². The van der Waals surface area contributed by atoms with Crippen LogP contribution in [0.3, 0.4) is 0 Å². The normalized spacial score (nSPS) is 12.2. The maximum Gasteiger partial charge on any atom is 0.356 e. The van der Waals surface area contributed by atoms with Crippen LogP contribution < -0.4 is 14.8 Å². The molecular weight excluding hydrogens is 250 g/mol. The Hall–Kier alpha value is -2.83. The molecule has 7 heteroatoms. The van der Waals surface area contributed by atoms with Crippen molar-refractivity contribution < 1.29 is 19.4 Å². The highest BCUT2D eigenvalue weighted by Gasteiger charge is 2.13. The van der Waals surface area contributed by atoms with Crippen LogP contribution in [0.5, 0.6) is 11.5 Å². The molecule has 0 fully saturated rings. The van der Waals surface area contributed by atoms with Crippen LogP contribution in [0.4, 0.5) is 11.5 Å². The van der Waals surface area contributed by atoms with Crippen molar-refractivity contribution in [1.82, 2.24) is 10.2 Å². The number of aromatic nitrogens is 2. The lowest BCUT2D eigenvalue weighted by molar-refractivity contribution is 0.0689. The molecule has 1 aromatic heterocycles. The summed E-state index contributed by atoms with van der Waals surface area (Å²) in [6.07, 6.45) is 0. The Balaban J connectivity index is 1.79. The van der Waals surface area contributed by atoms with E-state index in [9.17, 15) is 4.79 Å². The molecule has 0 saturated heterocycles. The highest BCUT2D eigenvalue weighted by molar-refractivity contribution is 5.85. The number of ether oxygens (including phenoxy) is 2. The molecule has 1 aliphatic heterocycles. The number of nitrogens with zero attached hydrogens (tertiary/aromatic N) is 2.